The van der Waals surface area contributed by atoms with Crippen molar-refractivity contribution in [1.82, 2.24) is 15.0 Å². The van der Waals surface area contributed by atoms with Gasteiger partial charge in [-0.15, -0.1) is 0 Å². The molecule has 2 aromatic carbocycles. The van der Waals surface area contributed by atoms with Gasteiger partial charge in [0.15, 0.2) is 0 Å². The van der Waals surface area contributed by atoms with E-state index >= 15 is 0 Å². The number of ether oxygens (including phenoxy) is 1. The quantitative estimate of drug-likeness (QED) is 0.270. The van der Waals surface area contributed by atoms with Crippen LogP contribution in [0.15, 0.2) is 38.3 Å². The van der Waals surface area contributed by atoms with Crippen LogP contribution >= 0.6 is 31.9 Å². The molecule has 0 saturated carbocycles. The van der Waals surface area contributed by atoms with E-state index in [-0.39, 0.29) is 5.75 Å². The summed E-state index contributed by atoms with van der Waals surface area (Å²) < 4.78 is 6.65. The number of nitrogens with one attached hydrogen (secondary N) is 2. The Labute approximate surface area is 214 Å². The highest BCUT2D eigenvalue weighted by atomic mass is 79.9. The molecule has 1 saturated heterocycles. The molecule has 11 heteroatoms. The Balaban J connectivity index is 1.62. The van der Waals surface area contributed by atoms with Gasteiger partial charge in [-0.25, -0.2) is 5.43 Å². The van der Waals surface area contributed by atoms with Gasteiger partial charge in [0.05, 0.1) is 28.4 Å². The number of aromatic hydroxyl groups is 1. The van der Waals surface area contributed by atoms with Crippen LogP contribution in [-0.2, 0) is 4.74 Å². The van der Waals surface area contributed by atoms with Crippen LogP contribution in [0.3, 0.4) is 0 Å². The number of morpholine rings is 1. The van der Waals surface area contributed by atoms with Gasteiger partial charge in [-0.1, -0.05) is 12.1 Å². The zero-order valence-corrected chi connectivity index (χ0v) is 22.2. The molecule has 0 amide bonds. The highest BCUT2D eigenvalue weighted by molar-refractivity contribution is 9.11. The lowest BCUT2D eigenvalue weighted by Gasteiger charge is -2.27. The lowest BCUT2D eigenvalue weighted by Crippen LogP contribution is -2.37. The Morgan fingerprint density at radius 1 is 1.06 bits per heavy atom. The first-order chi connectivity index (χ1) is 16.3. The summed E-state index contributed by atoms with van der Waals surface area (Å²) in [4.78, 5) is 15.8. The van der Waals surface area contributed by atoms with Gasteiger partial charge in [0.2, 0.25) is 17.8 Å². The molecule has 3 N–H and O–H groups in total. The molecule has 1 fully saturated rings. The fourth-order valence-electron chi connectivity index (χ4n) is 3.38. The van der Waals surface area contributed by atoms with Crippen molar-refractivity contribution in [3.05, 3.63) is 55.5 Å². The first-order valence-corrected chi connectivity index (χ1v) is 12.3. The number of benzene rings is 2. The Kier molecular flexibility index (Phi) is 7.64. The lowest BCUT2D eigenvalue weighted by molar-refractivity contribution is 0.122. The molecule has 0 aliphatic carbocycles. The Morgan fingerprint density at radius 2 is 1.79 bits per heavy atom. The van der Waals surface area contributed by atoms with Crippen molar-refractivity contribution >= 4 is 61.6 Å². The van der Waals surface area contributed by atoms with E-state index in [1.807, 2.05) is 20.8 Å². The summed E-state index contributed by atoms with van der Waals surface area (Å²) in [6.45, 7) is 8.61. The maximum atomic E-state index is 10.1. The number of hydrogen-bond donors (Lipinski definition) is 3. The molecular formula is C23H25Br2N7O2. The van der Waals surface area contributed by atoms with Crippen molar-refractivity contribution < 1.29 is 9.84 Å². The van der Waals surface area contributed by atoms with Gasteiger partial charge in [-0.3, -0.25) is 0 Å². The minimum atomic E-state index is 0.150. The number of phenolic OH excluding ortho intramolecular Hbond substituents is 1. The number of aryl methyl sites for hydroxylation is 2. The van der Waals surface area contributed by atoms with Crippen LogP contribution in [0, 0.1) is 20.8 Å². The molecule has 0 unspecified atom stereocenters. The fourth-order valence-corrected chi connectivity index (χ4v) is 4.54. The average Bonchev–Trinajstić information content (AvgIpc) is 2.83. The SMILES string of the molecule is Cc1ccc(C)c(Nc2nc(N/N=C/c3cc(Br)c(O)c(Br)c3C)nc(N3CCOCC3)n2)c1. The number of anilines is 4. The van der Waals surface area contributed by atoms with Crippen LogP contribution in [0.25, 0.3) is 0 Å². The van der Waals surface area contributed by atoms with Crippen molar-refractivity contribution in [2.75, 3.05) is 41.9 Å². The van der Waals surface area contributed by atoms with Crippen molar-refractivity contribution in [3.63, 3.8) is 0 Å². The van der Waals surface area contributed by atoms with E-state index in [0.717, 1.165) is 27.9 Å². The summed E-state index contributed by atoms with van der Waals surface area (Å²) in [7, 11) is 0. The predicted molar refractivity (Wildman–Crippen MR) is 142 cm³/mol. The number of hydrogen-bond acceptors (Lipinski definition) is 9. The topological polar surface area (TPSA) is 108 Å². The lowest BCUT2D eigenvalue weighted by atomic mass is 10.1. The Morgan fingerprint density at radius 3 is 2.56 bits per heavy atom. The molecule has 178 valence electrons. The highest BCUT2D eigenvalue weighted by Gasteiger charge is 2.17. The Bertz CT molecular complexity index is 1230. The minimum Gasteiger partial charge on any atom is -0.506 e. The molecule has 9 nitrogen and oxygen atoms in total. The predicted octanol–water partition coefficient (Wildman–Crippen LogP) is 5.05. The third-order valence-electron chi connectivity index (χ3n) is 5.40. The molecular weight excluding hydrogens is 566 g/mol. The number of halogens is 2. The van der Waals surface area contributed by atoms with Crippen LogP contribution in [-0.4, -0.2) is 52.6 Å². The van der Waals surface area contributed by atoms with Gasteiger partial charge in [-0.2, -0.15) is 20.1 Å². The minimum absolute atomic E-state index is 0.150. The van der Waals surface area contributed by atoms with E-state index in [1.54, 1.807) is 12.3 Å². The normalized spacial score (nSPS) is 14.0. The van der Waals surface area contributed by atoms with Crippen molar-refractivity contribution in [2.24, 2.45) is 5.10 Å². The number of aromatic nitrogens is 3. The second kappa shape index (κ2) is 10.7. The summed E-state index contributed by atoms with van der Waals surface area (Å²) in [5.74, 6) is 1.44. The number of hydrazone groups is 1. The molecule has 3 aromatic rings. The number of nitrogens with zero attached hydrogens (tertiary/aromatic N) is 5. The largest absolute Gasteiger partial charge is 0.506 e. The first-order valence-electron chi connectivity index (χ1n) is 10.7. The van der Waals surface area contributed by atoms with E-state index in [9.17, 15) is 5.11 Å². The third kappa shape index (κ3) is 5.65. The van der Waals surface area contributed by atoms with E-state index < -0.39 is 0 Å². The molecule has 2 heterocycles. The molecule has 0 radical (unpaired) electrons. The van der Waals surface area contributed by atoms with Crippen LogP contribution in [0.2, 0.25) is 0 Å². The molecule has 1 aliphatic heterocycles. The zero-order chi connectivity index (χ0) is 24.2. The van der Waals surface area contributed by atoms with E-state index in [2.05, 4.69) is 85.8 Å². The third-order valence-corrected chi connectivity index (χ3v) is 6.98. The number of phenols is 1. The maximum Gasteiger partial charge on any atom is 0.250 e. The van der Waals surface area contributed by atoms with Gasteiger partial charge in [0, 0.05) is 18.8 Å². The van der Waals surface area contributed by atoms with Gasteiger partial charge >= 0.3 is 0 Å². The van der Waals surface area contributed by atoms with Crippen LogP contribution in [0.5, 0.6) is 5.75 Å². The fraction of sp³-hybridized carbons (Fsp3) is 0.304. The number of rotatable bonds is 6. The molecule has 1 aliphatic rings. The monoisotopic (exact) mass is 589 g/mol. The molecule has 0 spiro atoms. The summed E-state index contributed by atoms with van der Waals surface area (Å²) in [5.41, 5.74) is 7.76. The van der Waals surface area contributed by atoms with Gasteiger partial charge in [-0.05, 0) is 87.0 Å². The summed E-state index contributed by atoms with van der Waals surface area (Å²) in [5, 5.41) is 17.7. The standard InChI is InChI=1S/C23H25Br2N7O2/c1-13-4-5-14(2)18(10-13)27-21-28-22(30-23(29-21)32-6-8-34-9-7-32)31-26-12-16-11-17(24)20(33)19(25)15(16)3/h4-5,10-12,33H,6-9H2,1-3H3,(H2,27,28,29,30,31)/b26-12+. The maximum absolute atomic E-state index is 10.1. The van der Waals surface area contributed by atoms with E-state index in [1.165, 1.54) is 0 Å². The van der Waals surface area contributed by atoms with Crippen molar-refractivity contribution in [1.29, 1.82) is 0 Å². The van der Waals surface area contributed by atoms with Gasteiger partial charge in [0.1, 0.15) is 5.75 Å². The first kappa shape index (κ1) is 24.4. The highest BCUT2D eigenvalue weighted by Crippen LogP contribution is 2.36. The van der Waals surface area contributed by atoms with Gasteiger partial charge < -0.3 is 20.1 Å². The second-order valence-corrected chi connectivity index (χ2v) is 9.58. The second-order valence-electron chi connectivity index (χ2n) is 7.93. The molecule has 1 aromatic heterocycles. The summed E-state index contributed by atoms with van der Waals surface area (Å²) in [6.07, 6.45) is 1.65. The van der Waals surface area contributed by atoms with E-state index in [4.69, 9.17) is 4.74 Å². The average molecular weight is 591 g/mol. The van der Waals surface area contributed by atoms with Crippen LogP contribution in [0.4, 0.5) is 23.5 Å². The van der Waals surface area contributed by atoms with Crippen LogP contribution in [0.1, 0.15) is 22.3 Å². The van der Waals surface area contributed by atoms with Crippen molar-refractivity contribution in [2.45, 2.75) is 20.8 Å². The molecule has 0 atom stereocenters. The Hall–Kier alpha value is -2.76. The van der Waals surface area contributed by atoms with Crippen LogP contribution < -0.4 is 15.6 Å². The van der Waals surface area contributed by atoms with Crippen molar-refractivity contribution in [3.8, 4) is 5.75 Å². The smallest absolute Gasteiger partial charge is 0.250 e. The molecule has 0 bridgehead atoms. The summed E-state index contributed by atoms with van der Waals surface area (Å²) in [6, 6.07) is 7.97. The zero-order valence-electron chi connectivity index (χ0n) is 19.1. The molecule has 4 rings (SSSR count). The van der Waals surface area contributed by atoms with Gasteiger partial charge in [0.25, 0.3) is 0 Å². The molecule has 34 heavy (non-hydrogen) atoms. The summed E-state index contributed by atoms with van der Waals surface area (Å²) >= 11 is 6.76. The van der Waals surface area contributed by atoms with E-state index in [0.29, 0.717) is 53.1 Å².